The molecule has 1 amide bonds. The molecule has 2 atom stereocenters. The van der Waals surface area contributed by atoms with E-state index in [2.05, 4.69) is 5.32 Å². The molecule has 23 heavy (non-hydrogen) atoms. The monoisotopic (exact) mass is 336 g/mol. The third-order valence-corrected chi connectivity index (χ3v) is 5.32. The van der Waals surface area contributed by atoms with Crippen molar-refractivity contribution >= 4 is 29.8 Å². The number of amides is 1. The third-order valence-electron chi connectivity index (χ3n) is 5.32. The number of hydrogen-bond donors (Lipinski definition) is 2. The minimum atomic E-state index is 0. The predicted octanol–water partition coefficient (Wildman–Crippen LogP) is 3.40. The summed E-state index contributed by atoms with van der Waals surface area (Å²) in [4.78, 5) is 24.0. The van der Waals surface area contributed by atoms with Gasteiger partial charge in [-0.2, -0.15) is 0 Å². The summed E-state index contributed by atoms with van der Waals surface area (Å²) >= 11 is 0. The third kappa shape index (κ3) is 3.93. The molecule has 2 aliphatic rings. The van der Waals surface area contributed by atoms with Crippen LogP contribution in [0.4, 0.5) is 5.69 Å². The maximum absolute atomic E-state index is 12.5. The van der Waals surface area contributed by atoms with E-state index in [1.807, 2.05) is 6.07 Å². The topological polar surface area (TPSA) is 72.2 Å². The first-order valence-corrected chi connectivity index (χ1v) is 8.22. The van der Waals surface area contributed by atoms with Crippen LogP contribution in [0.1, 0.15) is 49.4 Å². The van der Waals surface area contributed by atoms with Gasteiger partial charge in [-0.05, 0) is 56.6 Å². The molecule has 0 aliphatic heterocycles. The summed E-state index contributed by atoms with van der Waals surface area (Å²) in [5, 5.41) is 2.98. The Bertz CT molecular complexity index is 576. The smallest absolute Gasteiger partial charge is 0.227 e. The maximum atomic E-state index is 12.5. The molecule has 0 spiro atoms. The number of hydrogen-bond acceptors (Lipinski definition) is 3. The molecular weight excluding hydrogens is 312 g/mol. The number of anilines is 1. The number of fused-ring (bicyclic) bond motifs is 2. The minimum absolute atomic E-state index is 0. The molecule has 3 rings (SSSR count). The van der Waals surface area contributed by atoms with Crippen molar-refractivity contribution in [2.75, 3.05) is 5.32 Å². The van der Waals surface area contributed by atoms with E-state index < -0.39 is 0 Å². The van der Waals surface area contributed by atoms with E-state index in [0.717, 1.165) is 25.7 Å². The maximum Gasteiger partial charge on any atom is 0.227 e. The van der Waals surface area contributed by atoms with Crippen LogP contribution in [0.3, 0.4) is 0 Å². The Hall–Kier alpha value is -1.39. The van der Waals surface area contributed by atoms with Gasteiger partial charge in [0.1, 0.15) is 0 Å². The standard InChI is InChI=1S/C18H24N2O2.ClH/c1-11(21)12-4-3-7-16(10-12)20-18(22)15-8-13-5-2-6-14(9-15)17(13)19;/h3-4,7,10,13-15,17H,2,5-6,8-9,19H2,1H3,(H,20,22);1H. The predicted molar refractivity (Wildman–Crippen MR) is 93.9 cm³/mol. The van der Waals surface area contributed by atoms with Crippen molar-refractivity contribution in [1.82, 2.24) is 0 Å². The number of carbonyl (C=O) groups is 2. The first-order valence-electron chi connectivity index (χ1n) is 8.22. The molecule has 4 nitrogen and oxygen atoms in total. The summed E-state index contributed by atoms with van der Waals surface area (Å²) in [6.07, 6.45) is 5.35. The van der Waals surface area contributed by atoms with Crippen LogP contribution in [-0.4, -0.2) is 17.7 Å². The lowest BCUT2D eigenvalue weighted by molar-refractivity contribution is -0.122. The summed E-state index contributed by atoms with van der Waals surface area (Å²) < 4.78 is 0. The fourth-order valence-corrected chi connectivity index (χ4v) is 4.06. The zero-order valence-electron chi connectivity index (χ0n) is 13.5. The molecule has 2 aliphatic carbocycles. The van der Waals surface area contributed by atoms with Crippen LogP contribution in [0.25, 0.3) is 0 Å². The summed E-state index contributed by atoms with van der Waals surface area (Å²) in [5.41, 5.74) is 7.61. The Morgan fingerprint density at radius 1 is 1.17 bits per heavy atom. The van der Waals surface area contributed by atoms with Crippen LogP contribution in [0.2, 0.25) is 0 Å². The van der Waals surface area contributed by atoms with Gasteiger partial charge in [0.25, 0.3) is 0 Å². The number of nitrogens with one attached hydrogen (secondary N) is 1. The molecule has 0 radical (unpaired) electrons. The van der Waals surface area contributed by atoms with Crippen molar-refractivity contribution in [3.63, 3.8) is 0 Å². The summed E-state index contributed by atoms with van der Waals surface area (Å²) in [6.45, 7) is 1.53. The number of benzene rings is 1. The van der Waals surface area contributed by atoms with Gasteiger partial charge in [-0.1, -0.05) is 18.6 Å². The van der Waals surface area contributed by atoms with Crippen molar-refractivity contribution in [1.29, 1.82) is 0 Å². The van der Waals surface area contributed by atoms with Crippen LogP contribution < -0.4 is 11.1 Å². The molecule has 2 unspecified atom stereocenters. The van der Waals surface area contributed by atoms with E-state index in [1.165, 1.54) is 13.3 Å². The summed E-state index contributed by atoms with van der Waals surface area (Å²) in [6, 6.07) is 7.42. The largest absolute Gasteiger partial charge is 0.327 e. The second-order valence-corrected chi connectivity index (χ2v) is 6.82. The van der Waals surface area contributed by atoms with E-state index in [-0.39, 0.29) is 36.1 Å². The zero-order valence-corrected chi connectivity index (χ0v) is 14.3. The highest BCUT2D eigenvalue weighted by atomic mass is 35.5. The van der Waals surface area contributed by atoms with Crippen molar-refractivity contribution in [3.05, 3.63) is 29.8 Å². The Morgan fingerprint density at radius 2 is 1.83 bits per heavy atom. The first kappa shape index (κ1) is 18.0. The lowest BCUT2D eigenvalue weighted by Crippen LogP contribution is -2.48. The molecule has 5 heteroatoms. The molecule has 3 N–H and O–H groups in total. The van der Waals surface area contributed by atoms with E-state index in [9.17, 15) is 9.59 Å². The molecule has 1 aromatic carbocycles. The van der Waals surface area contributed by atoms with Gasteiger partial charge in [0.05, 0.1) is 0 Å². The van der Waals surface area contributed by atoms with Crippen LogP contribution in [0.5, 0.6) is 0 Å². The minimum Gasteiger partial charge on any atom is -0.327 e. The summed E-state index contributed by atoms with van der Waals surface area (Å²) in [7, 11) is 0. The zero-order chi connectivity index (χ0) is 15.7. The highest BCUT2D eigenvalue weighted by Gasteiger charge is 2.40. The Kier molecular flexibility index (Phi) is 5.82. The van der Waals surface area contributed by atoms with Gasteiger partial charge in [0.2, 0.25) is 5.91 Å². The van der Waals surface area contributed by atoms with Gasteiger partial charge in [-0.3, -0.25) is 9.59 Å². The molecular formula is C18H25ClN2O2. The van der Waals surface area contributed by atoms with Crippen molar-refractivity contribution in [2.45, 2.75) is 45.1 Å². The van der Waals surface area contributed by atoms with E-state index in [4.69, 9.17) is 5.73 Å². The molecule has 126 valence electrons. The number of carbonyl (C=O) groups excluding carboxylic acids is 2. The molecule has 0 saturated heterocycles. The van der Waals surface area contributed by atoms with E-state index >= 15 is 0 Å². The Morgan fingerprint density at radius 3 is 2.43 bits per heavy atom. The normalized spacial score (nSPS) is 29.3. The Balaban J connectivity index is 0.00000192. The fraction of sp³-hybridized carbons (Fsp3) is 0.556. The van der Waals surface area contributed by atoms with Crippen molar-refractivity contribution in [2.24, 2.45) is 23.5 Å². The van der Waals surface area contributed by atoms with Gasteiger partial charge < -0.3 is 11.1 Å². The summed E-state index contributed by atoms with van der Waals surface area (Å²) in [5.74, 6) is 1.12. The van der Waals surface area contributed by atoms with Gasteiger partial charge in [0.15, 0.2) is 5.78 Å². The van der Waals surface area contributed by atoms with Crippen LogP contribution in [0, 0.1) is 17.8 Å². The number of halogens is 1. The molecule has 2 bridgehead atoms. The van der Waals surface area contributed by atoms with E-state index in [1.54, 1.807) is 18.2 Å². The van der Waals surface area contributed by atoms with Crippen LogP contribution in [-0.2, 0) is 4.79 Å². The highest BCUT2D eigenvalue weighted by Crippen LogP contribution is 2.42. The lowest BCUT2D eigenvalue weighted by atomic mass is 9.65. The van der Waals surface area contributed by atoms with Gasteiger partial charge in [0, 0.05) is 23.2 Å². The molecule has 2 saturated carbocycles. The number of nitrogens with two attached hydrogens (primary N) is 1. The second-order valence-electron chi connectivity index (χ2n) is 6.82. The van der Waals surface area contributed by atoms with Gasteiger partial charge in [-0.25, -0.2) is 0 Å². The SMILES string of the molecule is CC(=O)c1cccc(NC(=O)C2CC3CCCC(C2)C3N)c1.Cl. The molecule has 0 aromatic heterocycles. The fourth-order valence-electron chi connectivity index (χ4n) is 4.06. The number of rotatable bonds is 3. The lowest BCUT2D eigenvalue weighted by Gasteiger charge is -2.43. The van der Waals surface area contributed by atoms with Gasteiger partial charge in [-0.15, -0.1) is 12.4 Å². The van der Waals surface area contributed by atoms with Crippen LogP contribution in [0.15, 0.2) is 24.3 Å². The average Bonchev–Trinajstić information content (AvgIpc) is 2.47. The average molecular weight is 337 g/mol. The number of Topliss-reactive ketones (excluding diaryl/α,β-unsaturated/α-hetero) is 1. The van der Waals surface area contributed by atoms with Crippen molar-refractivity contribution < 1.29 is 9.59 Å². The Labute approximate surface area is 143 Å². The highest BCUT2D eigenvalue weighted by molar-refractivity contribution is 5.97. The van der Waals surface area contributed by atoms with Crippen molar-refractivity contribution in [3.8, 4) is 0 Å². The van der Waals surface area contributed by atoms with E-state index in [0.29, 0.717) is 23.1 Å². The molecule has 1 aromatic rings. The first-order chi connectivity index (χ1) is 10.5. The number of ketones is 1. The molecule has 2 fully saturated rings. The van der Waals surface area contributed by atoms with Crippen LogP contribution >= 0.6 is 12.4 Å². The quantitative estimate of drug-likeness (QED) is 0.831. The molecule has 0 heterocycles. The van der Waals surface area contributed by atoms with Gasteiger partial charge >= 0.3 is 0 Å². The second kappa shape index (κ2) is 7.45.